The molecule has 1 aromatic heterocycles. The van der Waals surface area contributed by atoms with Gasteiger partial charge in [0.25, 0.3) is 5.91 Å². The first-order chi connectivity index (χ1) is 16.0. The van der Waals surface area contributed by atoms with Gasteiger partial charge in [0, 0.05) is 13.2 Å². The Labute approximate surface area is 201 Å². The molecular formula is C29H35NO4. The molecule has 0 fully saturated rings. The maximum absolute atomic E-state index is 13.8. The van der Waals surface area contributed by atoms with E-state index < -0.39 is 6.04 Å². The summed E-state index contributed by atoms with van der Waals surface area (Å²) in [5.74, 6) is -0.0671. The molecule has 0 saturated carbocycles. The van der Waals surface area contributed by atoms with Crippen LogP contribution in [0.25, 0.3) is 11.0 Å². The summed E-state index contributed by atoms with van der Waals surface area (Å²) < 4.78 is 11.9. The normalized spacial score (nSPS) is 16.1. The van der Waals surface area contributed by atoms with Gasteiger partial charge in [-0.1, -0.05) is 51.1 Å². The highest BCUT2D eigenvalue weighted by Crippen LogP contribution is 2.39. The Balaban J connectivity index is 1.84. The van der Waals surface area contributed by atoms with Crippen molar-refractivity contribution >= 4 is 16.9 Å². The molecule has 3 aromatic rings. The van der Waals surface area contributed by atoms with E-state index in [1.807, 2.05) is 52.0 Å². The lowest BCUT2D eigenvalue weighted by Gasteiger charge is -2.26. The van der Waals surface area contributed by atoms with Gasteiger partial charge in [-0.25, -0.2) is 0 Å². The van der Waals surface area contributed by atoms with E-state index in [-0.39, 0.29) is 28.6 Å². The van der Waals surface area contributed by atoms with E-state index in [4.69, 9.17) is 9.15 Å². The van der Waals surface area contributed by atoms with Crippen LogP contribution in [0.4, 0.5) is 0 Å². The number of aryl methyl sites for hydroxylation is 2. The van der Waals surface area contributed by atoms with Crippen LogP contribution >= 0.6 is 0 Å². The number of hydrogen-bond donors (Lipinski definition) is 0. The van der Waals surface area contributed by atoms with Gasteiger partial charge in [0.2, 0.25) is 5.76 Å². The second-order valence-corrected chi connectivity index (χ2v) is 10.7. The Kier molecular flexibility index (Phi) is 6.43. The van der Waals surface area contributed by atoms with Crippen LogP contribution in [0.15, 0.2) is 45.6 Å². The van der Waals surface area contributed by atoms with Crippen LogP contribution in [0.1, 0.15) is 85.5 Å². The lowest BCUT2D eigenvalue weighted by Crippen LogP contribution is -2.31. The monoisotopic (exact) mass is 461 g/mol. The minimum Gasteiger partial charge on any atom is -0.450 e. The number of carbonyl (C=O) groups excluding carboxylic acids is 1. The molecule has 5 nitrogen and oxygen atoms in total. The largest absolute Gasteiger partial charge is 0.450 e. The van der Waals surface area contributed by atoms with E-state index in [1.165, 1.54) is 5.56 Å². The average molecular weight is 462 g/mol. The van der Waals surface area contributed by atoms with Gasteiger partial charge >= 0.3 is 0 Å². The van der Waals surface area contributed by atoms with E-state index >= 15 is 0 Å². The molecule has 1 aliphatic heterocycles. The smallest absolute Gasteiger partial charge is 0.290 e. The van der Waals surface area contributed by atoms with E-state index in [2.05, 4.69) is 32.9 Å². The van der Waals surface area contributed by atoms with Crippen molar-refractivity contribution in [1.82, 2.24) is 4.90 Å². The summed E-state index contributed by atoms with van der Waals surface area (Å²) in [5, 5.41) is 0.533. The van der Waals surface area contributed by atoms with Crippen molar-refractivity contribution in [3.63, 3.8) is 0 Å². The zero-order chi connectivity index (χ0) is 24.8. The van der Waals surface area contributed by atoms with Gasteiger partial charge in [-0.2, -0.15) is 0 Å². The highest BCUT2D eigenvalue weighted by molar-refractivity contribution is 5.99. The molecule has 0 bridgehead atoms. The topological polar surface area (TPSA) is 59.8 Å². The molecule has 0 radical (unpaired) electrons. The quantitative estimate of drug-likeness (QED) is 0.418. The van der Waals surface area contributed by atoms with Crippen molar-refractivity contribution in [2.45, 2.75) is 72.4 Å². The second kappa shape index (κ2) is 9.03. The van der Waals surface area contributed by atoms with Gasteiger partial charge in [-0.3, -0.25) is 9.59 Å². The second-order valence-electron chi connectivity index (χ2n) is 10.7. The van der Waals surface area contributed by atoms with Gasteiger partial charge in [0.05, 0.1) is 23.1 Å². The molecule has 1 aliphatic rings. The summed E-state index contributed by atoms with van der Waals surface area (Å²) in [4.78, 5) is 29.1. The molecule has 4 rings (SSSR count). The van der Waals surface area contributed by atoms with Crippen LogP contribution < -0.4 is 5.43 Å². The van der Waals surface area contributed by atoms with Crippen LogP contribution in [-0.2, 0) is 10.2 Å². The maximum Gasteiger partial charge on any atom is 0.290 e. The fourth-order valence-corrected chi connectivity index (χ4v) is 4.77. The lowest BCUT2D eigenvalue weighted by molar-refractivity contribution is 0.0593. The molecule has 1 atom stereocenters. The molecule has 5 heteroatoms. The number of amides is 1. The Morgan fingerprint density at radius 1 is 1.06 bits per heavy atom. The average Bonchev–Trinajstić information content (AvgIpc) is 3.03. The standard InChI is InChI=1S/C29H35NO4/c1-17(2)33-14-8-13-30-24(20-9-11-21(12-10-20)29(5,6)7)23-25(31)22-16-18(3)15-19(4)26(22)34-27(23)28(30)32/h9-12,15-17,24H,8,13-14H2,1-7H3. The lowest BCUT2D eigenvalue weighted by atomic mass is 9.86. The fraction of sp³-hybridized carbons (Fsp3) is 0.448. The Bertz CT molecular complexity index is 1280. The molecule has 180 valence electrons. The summed E-state index contributed by atoms with van der Waals surface area (Å²) >= 11 is 0. The molecule has 34 heavy (non-hydrogen) atoms. The van der Waals surface area contributed by atoms with Gasteiger partial charge in [0.1, 0.15) is 5.58 Å². The van der Waals surface area contributed by atoms with E-state index in [1.54, 1.807) is 4.90 Å². The summed E-state index contributed by atoms with van der Waals surface area (Å²) in [6.07, 6.45) is 0.812. The maximum atomic E-state index is 13.8. The van der Waals surface area contributed by atoms with Crippen LogP contribution in [-0.4, -0.2) is 30.1 Å². The molecule has 2 heterocycles. The third-order valence-electron chi connectivity index (χ3n) is 6.48. The van der Waals surface area contributed by atoms with Crippen molar-refractivity contribution in [3.8, 4) is 0 Å². The number of hydrogen-bond acceptors (Lipinski definition) is 4. The summed E-state index contributed by atoms with van der Waals surface area (Å²) in [6.45, 7) is 15.4. The van der Waals surface area contributed by atoms with Gasteiger partial charge in [-0.15, -0.1) is 0 Å². The first-order valence-corrected chi connectivity index (χ1v) is 12.1. The number of rotatable bonds is 6. The van der Waals surface area contributed by atoms with Crippen LogP contribution in [0, 0.1) is 13.8 Å². The minimum absolute atomic E-state index is 0.0140. The number of fused-ring (bicyclic) bond motifs is 2. The molecular weight excluding hydrogens is 426 g/mol. The van der Waals surface area contributed by atoms with Gasteiger partial charge in [-0.05, 0) is 67.9 Å². The fourth-order valence-electron chi connectivity index (χ4n) is 4.77. The predicted octanol–water partition coefficient (Wildman–Crippen LogP) is 6.07. The van der Waals surface area contributed by atoms with Gasteiger partial charge in [0.15, 0.2) is 5.43 Å². The van der Waals surface area contributed by atoms with Crippen molar-refractivity contribution < 1.29 is 13.9 Å². The molecule has 1 amide bonds. The SMILES string of the molecule is Cc1cc(C)c2oc3c(c(=O)c2c1)C(c1ccc(C(C)(C)C)cc1)N(CCCOC(C)C)C3=O. The molecule has 0 spiro atoms. The van der Waals surface area contributed by atoms with E-state index in [0.29, 0.717) is 36.1 Å². The summed E-state index contributed by atoms with van der Waals surface area (Å²) in [7, 11) is 0. The van der Waals surface area contributed by atoms with Crippen molar-refractivity contribution in [3.05, 3.63) is 80.2 Å². The first-order valence-electron chi connectivity index (χ1n) is 12.1. The van der Waals surface area contributed by atoms with Crippen molar-refractivity contribution in [2.75, 3.05) is 13.2 Å². The van der Waals surface area contributed by atoms with Crippen LogP contribution in [0.5, 0.6) is 0 Å². The van der Waals surface area contributed by atoms with Crippen LogP contribution in [0.2, 0.25) is 0 Å². The van der Waals surface area contributed by atoms with Gasteiger partial charge < -0.3 is 14.1 Å². The van der Waals surface area contributed by atoms with E-state index in [0.717, 1.165) is 16.7 Å². The first kappa shape index (κ1) is 24.2. The molecule has 0 aliphatic carbocycles. The third kappa shape index (κ3) is 4.41. The molecule has 0 saturated heterocycles. The van der Waals surface area contributed by atoms with Crippen LogP contribution in [0.3, 0.4) is 0 Å². The Morgan fingerprint density at radius 2 is 1.74 bits per heavy atom. The molecule has 0 N–H and O–H groups in total. The minimum atomic E-state index is -0.475. The highest BCUT2D eigenvalue weighted by atomic mass is 16.5. The number of nitrogens with zero attached hydrogens (tertiary/aromatic N) is 1. The number of benzene rings is 2. The zero-order valence-electron chi connectivity index (χ0n) is 21.3. The highest BCUT2D eigenvalue weighted by Gasteiger charge is 2.42. The molecule has 2 aromatic carbocycles. The van der Waals surface area contributed by atoms with Crippen molar-refractivity contribution in [2.24, 2.45) is 0 Å². The Hall–Kier alpha value is -2.92. The van der Waals surface area contributed by atoms with E-state index in [9.17, 15) is 9.59 Å². The zero-order valence-corrected chi connectivity index (χ0v) is 21.3. The predicted molar refractivity (Wildman–Crippen MR) is 136 cm³/mol. The van der Waals surface area contributed by atoms with Crippen molar-refractivity contribution in [1.29, 1.82) is 0 Å². The molecule has 1 unspecified atom stereocenters. The Morgan fingerprint density at radius 3 is 2.35 bits per heavy atom. The number of ether oxygens (including phenoxy) is 1. The summed E-state index contributed by atoms with van der Waals surface area (Å²) in [6, 6.07) is 11.6. The summed E-state index contributed by atoms with van der Waals surface area (Å²) in [5.41, 5.74) is 4.80. The number of carbonyl (C=O) groups is 1. The third-order valence-corrected chi connectivity index (χ3v) is 6.48.